The molecule has 102 valence electrons. The van der Waals surface area contributed by atoms with Crippen LogP contribution in [0.1, 0.15) is 31.7 Å². The molecule has 0 saturated heterocycles. The molecule has 5 heteroatoms. The van der Waals surface area contributed by atoms with Gasteiger partial charge < -0.3 is 4.98 Å². The standard InChI is InChI=1S/C15H14BrN3O/c16-9-5-6-12-11(7-9)14-13(8-17-12)18-15(20)19(14)10-3-1-2-4-10/h5-8,10H,1-4H2,(H,18,20). The summed E-state index contributed by atoms with van der Waals surface area (Å²) < 4.78 is 2.95. The lowest BCUT2D eigenvalue weighted by atomic mass is 10.1. The molecule has 0 atom stereocenters. The molecule has 0 spiro atoms. The van der Waals surface area contributed by atoms with E-state index in [9.17, 15) is 4.79 Å². The molecule has 1 aliphatic rings. The van der Waals surface area contributed by atoms with Gasteiger partial charge in [-0.25, -0.2) is 4.79 Å². The number of nitrogens with zero attached hydrogens (tertiary/aromatic N) is 2. The monoisotopic (exact) mass is 331 g/mol. The summed E-state index contributed by atoms with van der Waals surface area (Å²) in [7, 11) is 0. The van der Waals surface area contributed by atoms with Gasteiger partial charge in [-0.1, -0.05) is 28.8 Å². The summed E-state index contributed by atoms with van der Waals surface area (Å²) >= 11 is 3.51. The molecule has 0 unspecified atom stereocenters. The Kier molecular flexibility index (Phi) is 2.70. The van der Waals surface area contributed by atoms with Gasteiger partial charge in [0.25, 0.3) is 0 Å². The van der Waals surface area contributed by atoms with Gasteiger partial charge in [0.1, 0.15) is 0 Å². The molecule has 4 nitrogen and oxygen atoms in total. The molecule has 1 saturated carbocycles. The van der Waals surface area contributed by atoms with Gasteiger partial charge >= 0.3 is 5.69 Å². The number of hydrogen-bond acceptors (Lipinski definition) is 2. The van der Waals surface area contributed by atoms with Crippen molar-refractivity contribution in [3.05, 3.63) is 39.4 Å². The van der Waals surface area contributed by atoms with Crippen molar-refractivity contribution in [1.29, 1.82) is 0 Å². The Labute approximate surface area is 124 Å². The van der Waals surface area contributed by atoms with E-state index in [1.165, 1.54) is 12.8 Å². The molecule has 4 rings (SSSR count). The summed E-state index contributed by atoms with van der Waals surface area (Å²) in [6.45, 7) is 0. The predicted octanol–water partition coefficient (Wildman–Crippen LogP) is 3.76. The zero-order valence-corrected chi connectivity index (χ0v) is 12.5. The van der Waals surface area contributed by atoms with Gasteiger partial charge in [0.2, 0.25) is 0 Å². The first-order valence-corrected chi connectivity index (χ1v) is 7.72. The number of fused-ring (bicyclic) bond motifs is 3. The summed E-state index contributed by atoms with van der Waals surface area (Å²) in [5.41, 5.74) is 2.73. The number of imidazole rings is 1. The van der Waals surface area contributed by atoms with Crippen LogP contribution in [0.25, 0.3) is 21.9 Å². The Morgan fingerprint density at radius 3 is 2.90 bits per heavy atom. The molecule has 0 bridgehead atoms. The van der Waals surface area contributed by atoms with Crippen molar-refractivity contribution in [2.24, 2.45) is 0 Å². The Hall–Kier alpha value is -1.62. The third-order valence-corrected chi connectivity index (χ3v) is 4.69. The molecule has 1 fully saturated rings. The SMILES string of the molecule is O=c1[nH]c2cnc3ccc(Br)cc3c2n1C1CCCC1. The van der Waals surface area contributed by atoms with E-state index < -0.39 is 0 Å². The van der Waals surface area contributed by atoms with Crippen LogP contribution < -0.4 is 5.69 Å². The Balaban J connectivity index is 2.13. The maximum Gasteiger partial charge on any atom is 0.326 e. The first-order chi connectivity index (χ1) is 9.74. The van der Waals surface area contributed by atoms with Crippen molar-refractivity contribution >= 4 is 37.9 Å². The van der Waals surface area contributed by atoms with E-state index in [0.29, 0.717) is 6.04 Å². The number of hydrogen-bond donors (Lipinski definition) is 1. The summed E-state index contributed by atoms with van der Waals surface area (Å²) in [5.74, 6) is 0. The molecule has 2 aromatic heterocycles. The Morgan fingerprint density at radius 2 is 2.10 bits per heavy atom. The van der Waals surface area contributed by atoms with Gasteiger partial charge in [-0.15, -0.1) is 0 Å². The molecule has 3 aromatic rings. The van der Waals surface area contributed by atoms with Crippen molar-refractivity contribution in [2.75, 3.05) is 0 Å². The van der Waals surface area contributed by atoms with Crippen molar-refractivity contribution in [1.82, 2.24) is 14.5 Å². The van der Waals surface area contributed by atoms with Crippen LogP contribution in [0.2, 0.25) is 0 Å². The molecule has 2 heterocycles. The first-order valence-electron chi connectivity index (χ1n) is 6.92. The number of rotatable bonds is 1. The maximum absolute atomic E-state index is 12.3. The summed E-state index contributed by atoms with van der Waals surface area (Å²) in [6, 6.07) is 6.32. The summed E-state index contributed by atoms with van der Waals surface area (Å²) in [6.07, 6.45) is 6.35. The average Bonchev–Trinajstić information content (AvgIpc) is 3.04. The third kappa shape index (κ3) is 1.73. The Bertz CT molecular complexity index is 859. The lowest BCUT2D eigenvalue weighted by molar-refractivity contribution is 0.519. The van der Waals surface area contributed by atoms with E-state index in [4.69, 9.17) is 0 Å². The predicted molar refractivity (Wildman–Crippen MR) is 83.1 cm³/mol. The fourth-order valence-electron chi connectivity index (χ4n) is 3.29. The number of pyridine rings is 1. The topological polar surface area (TPSA) is 50.7 Å². The van der Waals surface area contributed by atoms with Crippen molar-refractivity contribution in [3.8, 4) is 0 Å². The highest BCUT2D eigenvalue weighted by Crippen LogP contribution is 2.33. The largest absolute Gasteiger partial charge is 0.326 e. The molecule has 0 radical (unpaired) electrons. The van der Waals surface area contributed by atoms with E-state index >= 15 is 0 Å². The number of aromatic amines is 1. The smallest absolute Gasteiger partial charge is 0.304 e. The number of benzene rings is 1. The fraction of sp³-hybridized carbons (Fsp3) is 0.333. The van der Waals surface area contributed by atoms with Gasteiger partial charge in [-0.2, -0.15) is 0 Å². The van der Waals surface area contributed by atoms with Crippen molar-refractivity contribution in [3.63, 3.8) is 0 Å². The second-order valence-electron chi connectivity index (χ2n) is 5.42. The van der Waals surface area contributed by atoms with E-state index in [1.807, 2.05) is 22.8 Å². The molecule has 0 aliphatic heterocycles. The first kappa shape index (κ1) is 12.1. The Morgan fingerprint density at radius 1 is 1.30 bits per heavy atom. The maximum atomic E-state index is 12.3. The van der Waals surface area contributed by atoms with Crippen LogP contribution in [0.4, 0.5) is 0 Å². The van der Waals surface area contributed by atoms with E-state index in [0.717, 1.165) is 39.3 Å². The van der Waals surface area contributed by atoms with Gasteiger partial charge in [0.05, 0.1) is 22.7 Å². The molecule has 1 N–H and O–H groups in total. The minimum atomic E-state index is -0.0128. The van der Waals surface area contributed by atoms with Gasteiger partial charge in [-0.3, -0.25) is 9.55 Å². The van der Waals surface area contributed by atoms with Crippen LogP contribution in [0.5, 0.6) is 0 Å². The number of H-pyrrole nitrogens is 1. The second kappa shape index (κ2) is 4.45. The van der Waals surface area contributed by atoms with Gasteiger partial charge in [0.15, 0.2) is 0 Å². The normalized spacial score (nSPS) is 16.4. The summed E-state index contributed by atoms with van der Waals surface area (Å²) in [5, 5.41) is 1.03. The van der Waals surface area contributed by atoms with Crippen LogP contribution in [0.3, 0.4) is 0 Å². The minimum absolute atomic E-state index is 0.0128. The lowest BCUT2D eigenvalue weighted by Gasteiger charge is -2.12. The molecule has 0 amide bonds. The summed E-state index contributed by atoms with van der Waals surface area (Å²) in [4.78, 5) is 19.7. The van der Waals surface area contributed by atoms with Crippen LogP contribution >= 0.6 is 15.9 Å². The fourth-order valence-corrected chi connectivity index (χ4v) is 3.65. The zero-order valence-electron chi connectivity index (χ0n) is 10.9. The molecule has 1 aliphatic carbocycles. The number of nitrogens with one attached hydrogen (secondary N) is 1. The highest BCUT2D eigenvalue weighted by atomic mass is 79.9. The quantitative estimate of drug-likeness (QED) is 0.738. The number of halogens is 1. The lowest BCUT2D eigenvalue weighted by Crippen LogP contribution is -2.20. The van der Waals surface area contributed by atoms with Crippen molar-refractivity contribution in [2.45, 2.75) is 31.7 Å². The highest BCUT2D eigenvalue weighted by molar-refractivity contribution is 9.10. The zero-order chi connectivity index (χ0) is 13.7. The van der Waals surface area contributed by atoms with Crippen LogP contribution in [0, 0.1) is 0 Å². The van der Waals surface area contributed by atoms with E-state index in [-0.39, 0.29) is 5.69 Å². The molecule has 1 aromatic carbocycles. The van der Waals surface area contributed by atoms with Crippen LogP contribution in [-0.4, -0.2) is 14.5 Å². The van der Waals surface area contributed by atoms with Crippen LogP contribution in [0.15, 0.2) is 33.7 Å². The van der Waals surface area contributed by atoms with E-state index in [1.54, 1.807) is 6.20 Å². The third-order valence-electron chi connectivity index (χ3n) is 4.19. The van der Waals surface area contributed by atoms with Crippen molar-refractivity contribution < 1.29 is 0 Å². The molecular weight excluding hydrogens is 318 g/mol. The van der Waals surface area contributed by atoms with E-state index in [2.05, 4.69) is 25.9 Å². The minimum Gasteiger partial charge on any atom is -0.304 e. The highest BCUT2D eigenvalue weighted by Gasteiger charge is 2.22. The second-order valence-corrected chi connectivity index (χ2v) is 6.34. The van der Waals surface area contributed by atoms with Gasteiger partial charge in [0, 0.05) is 15.9 Å². The average molecular weight is 332 g/mol. The van der Waals surface area contributed by atoms with Gasteiger partial charge in [-0.05, 0) is 31.0 Å². The molecule has 20 heavy (non-hydrogen) atoms. The molecular formula is C15H14BrN3O. The van der Waals surface area contributed by atoms with Crippen LogP contribution in [-0.2, 0) is 0 Å². The number of aromatic nitrogens is 3.